The van der Waals surface area contributed by atoms with Gasteiger partial charge in [0.1, 0.15) is 11.6 Å². The molecule has 0 radical (unpaired) electrons. The highest BCUT2D eigenvalue weighted by Crippen LogP contribution is 2.30. The molecular formula is C18H17F2N. The summed E-state index contributed by atoms with van der Waals surface area (Å²) in [5.41, 5.74) is 3.34. The number of fused-ring (bicyclic) bond motifs is 1. The molecule has 0 fully saturated rings. The smallest absolute Gasteiger partial charge is 0.126 e. The van der Waals surface area contributed by atoms with Crippen LogP contribution in [-0.2, 0) is 0 Å². The minimum absolute atomic E-state index is 0.229. The highest BCUT2D eigenvalue weighted by Gasteiger charge is 2.14. The van der Waals surface area contributed by atoms with E-state index in [-0.39, 0.29) is 17.6 Å². The number of nitrogens with zero attached hydrogens (tertiary/aromatic N) is 1. The highest BCUT2D eigenvalue weighted by molar-refractivity contribution is 5.83. The number of aromatic nitrogens is 1. The van der Waals surface area contributed by atoms with Crippen LogP contribution >= 0.6 is 0 Å². The van der Waals surface area contributed by atoms with Gasteiger partial charge >= 0.3 is 0 Å². The fourth-order valence-electron chi connectivity index (χ4n) is 2.68. The van der Waals surface area contributed by atoms with Crippen molar-refractivity contribution in [3.63, 3.8) is 0 Å². The zero-order valence-electron chi connectivity index (χ0n) is 12.3. The summed E-state index contributed by atoms with van der Waals surface area (Å²) in [6, 6.07) is 11.8. The lowest BCUT2D eigenvalue weighted by molar-refractivity contribution is 0.617. The largest absolute Gasteiger partial charge is 0.313 e. The first-order valence-electron chi connectivity index (χ1n) is 7.05. The van der Waals surface area contributed by atoms with Gasteiger partial charge in [0.15, 0.2) is 0 Å². The van der Waals surface area contributed by atoms with Gasteiger partial charge in [0.25, 0.3) is 0 Å². The molecule has 0 bridgehead atoms. The first-order valence-corrected chi connectivity index (χ1v) is 7.05. The summed E-state index contributed by atoms with van der Waals surface area (Å²) >= 11 is 0. The van der Waals surface area contributed by atoms with Gasteiger partial charge in [0, 0.05) is 16.8 Å². The topological polar surface area (TPSA) is 4.93 Å². The molecule has 108 valence electrons. The number of hydrogen-bond acceptors (Lipinski definition) is 0. The van der Waals surface area contributed by atoms with E-state index in [4.69, 9.17) is 0 Å². The summed E-state index contributed by atoms with van der Waals surface area (Å²) in [5.74, 6) is -0.214. The second kappa shape index (κ2) is 4.99. The van der Waals surface area contributed by atoms with Gasteiger partial charge in [-0.05, 0) is 60.9 Å². The molecule has 1 nitrogen and oxygen atoms in total. The number of benzene rings is 2. The molecule has 0 atom stereocenters. The molecule has 0 spiro atoms. The molecule has 0 aliphatic heterocycles. The lowest BCUT2D eigenvalue weighted by atomic mass is 10.1. The Balaban J connectivity index is 2.35. The zero-order chi connectivity index (χ0) is 15.1. The molecule has 0 N–H and O–H groups in total. The Morgan fingerprint density at radius 2 is 1.71 bits per heavy atom. The molecule has 0 aliphatic rings. The lowest BCUT2D eigenvalue weighted by Gasteiger charge is -2.14. The Labute approximate surface area is 122 Å². The van der Waals surface area contributed by atoms with Crippen LogP contribution in [-0.4, -0.2) is 4.57 Å². The summed E-state index contributed by atoms with van der Waals surface area (Å²) in [5, 5.41) is 0.988. The van der Waals surface area contributed by atoms with E-state index in [1.54, 1.807) is 25.1 Å². The summed E-state index contributed by atoms with van der Waals surface area (Å²) in [6.07, 6.45) is 0. The summed E-state index contributed by atoms with van der Waals surface area (Å²) < 4.78 is 29.1. The van der Waals surface area contributed by atoms with Crippen LogP contribution in [0.25, 0.3) is 16.6 Å². The van der Waals surface area contributed by atoms with Crippen LogP contribution in [0.1, 0.15) is 31.0 Å². The summed E-state index contributed by atoms with van der Waals surface area (Å²) in [7, 11) is 0. The Morgan fingerprint density at radius 3 is 2.38 bits per heavy atom. The molecule has 0 aliphatic carbocycles. The SMILES string of the molecule is Cc1cc(-n2c(C(C)C)cc3ccc(F)cc32)ccc1F. The van der Waals surface area contributed by atoms with Crippen LogP contribution in [0.15, 0.2) is 42.5 Å². The maximum atomic E-state index is 13.6. The van der Waals surface area contributed by atoms with Gasteiger partial charge in [-0.15, -0.1) is 0 Å². The van der Waals surface area contributed by atoms with Crippen molar-refractivity contribution in [3.05, 3.63) is 65.4 Å². The van der Waals surface area contributed by atoms with Crippen LogP contribution < -0.4 is 0 Å². The number of aryl methyl sites for hydroxylation is 1. The maximum Gasteiger partial charge on any atom is 0.126 e. The molecule has 3 rings (SSSR count). The van der Waals surface area contributed by atoms with Gasteiger partial charge in [0.2, 0.25) is 0 Å². The van der Waals surface area contributed by atoms with E-state index in [9.17, 15) is 8.78 Å². The van der Waals surface area contributed by atoms with E-state index in [1.165, 1.54) is 18.2 Å². The minimum Gasteiger partial charge on any atom is -0.313 e. The van der Waals surface area contributed by atoms with Crippen LogP contribution in [0.5, 0.6) is 0 Å². The van der Waals surface area contributed by atoms with E-state index >= 15 is 0 Å². The predicted octanol–water partition coefficient (Wildman–Crippen LogP) is 5.34. The molecule has 0 amide bonds. The number of hydrogen-bond donors (Lipinski definition) is 0. The third-order valence-electron chi connectivity index (χ3n) is 3.79. The first kappa shape index (κ1) is 13.8. The molecular weight excluding hydrogens is 268 g/mol. The summed E-state index contributed by atoms with van der Waals surface area (Å²) in [6.45, 7) is 5.93. The van der Waals surface area contributed by atoms with Gasteiger partial charge in [0.05, 0.1) is 5.52 Å². The Hall–Kier alpha value is -2.16. The maximum absolute atomic E-state index is 13.6. The third-order valence-corrected chi connectivity index (χ3v) is 3.79. The second-order valence-corrected chi connectivity index (χ2v) is 5.70. The van der Waals surface area contributed by atoms with Crippen molar-refractivity contribution in [2.24, 2.45) is 0 Å². The number of halogens is 2. The minimum atomic E-state index is -0.268. The zero-order valence-corrected chi connectivity index (χ0v) is 12.3. The monoisotopic (exact) mass is 285 g/mol. The van der Waals surface area contributed by atoms with Gasteiger partial charge in [-0.2, -0.15) is 0 Å². The van der Waals surface area contributed by atoms with Gasteiger partial charge < -0.3 is 4.57 Å². The van der Waals surface area contributed by atoms with Crippen LogP contribution in [0.3, 0.4) is 0 Å². The van der Waals surface area contributed by atoms with Crippen molar-refractivity contribution in [2.45, 2.75) is 26.7 Å². The van der Waals surface area contributed by atoms with Gasteiger partial charge in [-0.3, -0.25) is 0 Å². The standard InChI is InChI=1S/C18H17F2N/c1-11(2)17-9-13-4-5-14(19)10-18(13)21(17)15-6-7-16(20)12(3)8-15/h4-11H,1-3H3. The molecule has 21 heavy (non-hydrogen) atoms. The lowest BCUT2D eigenvalue weighted by Crippen LogP contribution is -2.02. The van der Waals surface area contributed by atoms with E-state index < -0.39 is 0 Å². The molecule has 2 aromatic carbocycles. The van der Waals surface area contributed by atoms with Crippen molar-refractivity contribution in [1.29, 1.82) is 0 Å². The normalized spacial score (nSPS) is 11.5. The quantitative estimate of drug-likeness (QED) is 0.599. The fourth-order valence-corrected chi connectivity index (χ4v) is 2.68. The molecule has 0 saturated carbocycles. The van der Waals surface area contributed by atoms with Crippen LogP contribution in [0, 0.1) is 18.6 Å². The van der Waals surface area contributed by atoms with Crippen LogP contribution in [0.4, 0.5) is 8.78 Å². The fraction of sp³-hybridized carbons (Fsp3) is 0.222. The van der Waals surface area contributed by atoms with Crippen molar-refractivity contribution in [2.75, 3.05) is 0 Å². The van der Waals surface area contributed by atoms with Gasteiger partial charge in [-0.25, -0.2) is 8.78 Å². The molecule has 3 heteroatoms. The van der Waals surface area contributed by atoms with Crippen molar-refractivity contribution < 1.29 is 8.78 Å². The number of rotatable bonds is 2. The Kier molecular flexibility index (Phi) is 3.28. The average molecular weight is 285 g/mol. The molecule has 3 aromatic rings. The molecule has 1 heterocycles. The van der Waals surface area contributed by atoms with E-state index in [2.05, 4.69) is 19.9 Å². The van der Waals surface area contributed by atoms with Crippen molar-refractivity contribution in [3.8, 4) is 5.69 Å². The van der Waals surface area contributed by atoms with E-state index in [0.29, 0.717) is 5.56 Å². The van der Waals surface area contributed by atoms with E-state index in [1.807, 2.05) is 4.57 Å². The van der Waals surface area contributed by atoms with Gasteiger partial charge in [-0.1, -0.05) is 13.8 Å². The highest BCUT2D eigenvalue weighted by atomic mass is 19.1. The predicted molar refractivity (Wildman–Crippen MR) is 82.0 cm³/mol. The van der Waals surface area contributed by atoms with Crippen molar-refractivity contribution in [1.82, 2.24) is 4.57 Å². The Morgan fingerprint density at radius 1 is 0.952 bits per heavy atom. The Bertz CT molecular complexity index is 815. The first-order chi connectivity index (χ1) is 9.97. The summed E-state index contributed by atoms with van der Waals surface area (Å²) in [4.78, 5) is 0. The van der Waals surface area contributed by atoms with Crippen molar-refractivity contribution >= 4 is 10.9 Å². The van der Waals surface area contributed by atoms with Crippen LogP contribution in [0.2, 0.25) is 0 Å². The molecule has 0 saturated heterocycles. The molecule has 0 unspecified atom stereocenters. The third kappa shape index (κ3) is 2.33. The molecule has 1 aromatic heterocycles. The van der Waals surface area contributed by atoms with E-state index in [0.717, 1.165) is 22.3 Å². The second-order valence-electron chi connectivity index (χ2n) is 5.70. The average Bonchev–Trinajstić information content (AvgIpc) is 2.80.